The summed E-state index contributed by atoms with van der Waals surface area (Å²) in [6.45, 7) is 4.62. The van der Waals surface area contributed by atoms with Crippen molar-refractivity contribution in [3.05, 3.63) is 82.5 Å². The number of imidazole rings is 1. The minimum atomic E-state index is -0.453. The Morgan fingerprint density at radius 1 is 1.22 bits per heavy atom. The number of aromatic amines is 1. The van der Waals surface area contributed by atoms with E-state index in [1.165, 1.54) is 12.1 Å². The Labute approximate surface area is 190 Å². The predicted octanol–water partition coefficient (Wildman–Crippen LogP) is 5.95. The molecule has 1 amide bonds. The fourth-order valence-electron chi connectivity index (χ4n) is 4.48. The lowest BCUT2D eigenvalue weighted by Crippen LogP contribution is -2.33. The first kappa shape index (κ1) is 20.6. The zero-order valence-electron chi connectivity index (χ0n) is 17.8. The van der Waals surface area contributed by atoms with E-state index in [1.54, 1.807) is 17.2 Å². The summed E-state index contributed by atoms with van der Waals surface area (Å²) < 4.78 is 14.2. The molecule has 5 rings (SSSR count). The number of carbonyl (C=O) groups is 1. The first-order chi connectivity index (χ1) is 15.4. The highest BCUT2D eigenvalue weighted by Crippen LogP contribution is 2.39. The molecule has 32 heavy (non-hydrogen) atoms. The Bertz CT molecular complexity index is 1280. The van der Waals surface area contributed by atoms with Crippen molar-refractivity contribution in [2.24, 2.45) is 5.92 Å². The van der Waals surface area contributed by atoms with Gasteiger partial charge < -0.3 is 9.88 Å². The average Bonchev–Trinajstić information content (AvgIpc) is 3.36. The fourth-order valence-corrected chi connectivity index (χ4v) is 4.64. The highest BCUT2D eigenvalue weighted by Gasteiger charge is 2.38. The molecular formula is C25H22ClFN4O. The van der Waals surface area contributed by atoms with Crippen LogP contribution < -0.4 is 0 Å². The van der Waals surface area contributed by atoms with Crippen LogP contribution in [0.3, 0.4) is 0 Å². The standard InChI is InChI=1S/C25H22ClFN4O/c1-14-8-10-31(23(14)24-29-21-11-15(2)19(26)13-22(21)30-24)25(32)18-12-16(27)6-7-17(18)20-5-3-4-9-28-20/h3-7,9,11-14,23H,8,10H2,1-2H3,(H,29,30)/t14-,23-/m0/s1. The van der Waals surface area contributed by atoms with Crippen LogP contribution in [0.2, 0.25) is 5.02 Å². The quantitative estimate of drug-likeness (QED) is 0.421. The highest BCUT2D eigenvalue weighted by atomic mass is 35.5. The van der Waals surface area contributed by atoms with Crippen LogP contribution in [-0.4, -0.2) is 32.3 Å². The van der Waals surface area contributed by atoms with Crippen molar-refractivity contribution in [2.75, 3.05) is 6.54 Å². The molecule has 0 radical (unpaired) electrons. The van der Waals surface area contributed by atoms with Gasteiger partial charge in [0.1, 0.15) is 11.6 Å². The molecule has 162 valence electrons. The van der Waals surface area contributed by atoms with Crippen molar-refractivity contribution in [3.63, 3.8) is 0 Å². The van der Waals surface area contributed by atoms with E-state index in [0.717, 1.165) is 28.8 Å². The maximum atomic E-state index is 14.2. The van der Waals surface area contributed by atoms with Crippen LogP contribution in [0.4, 0.5) is 4.39 Å². The van der Waals surface area contributed by atoms with Gasteiger partial charge in [-0.1, -0.05) is 24.6 Å². The van der Waals surface area contributed by atoms with E-state index in [0.29, 0.717) is 28.4 Å². The molecule has 2 aromatic heterocycles. The molecule has 1 aliphatic rings. The molecule has 3 heterocycles. The number of fused-ring (bicyclic) bond motifs is 1. The summed E-state index contributed by atoms with van der Waals surface area (Å²) in [4.78, 5) is 28.0. The second-order valence-electron chi connectivity index (χ2n) is 8.35. The van der Waals surface area contributed by atoms with Gasteiger partial charge in [-0.05, 0) is 67.3 Å². The first-order valence-corrected chi connectivity index (χ1v) is 11.0. The molecule has 5 nitrogen and oxygen atoms in total. The molecule has 1 saturated heterocycles. The van der Waals surface area contributed by atoms with Gasteiger partial charge in [-0.3, -0.25) is 9.78 Å². The van der Waals surface area contributed by atoms with Gasteiger partial charge in [0.25, 0.3) is 5.91 Å². The van der Waals surface area contributed by atoms with Gasteiger partial charge in [0, 0.05) is 23.3 Å². The number of nitrogens with one attached hydrogen (secondary N) is 1. The minimum absolute atomic E-state index is 0.197. The van der Waals surface area contributed by atoms with Crippen molar-refractivity contribution in [1.29, 1.82) is 0 Å². The lowest BCUT2D eigenvalue weighted by molar-refractivity contribution is 0.0714. The second kappa shape index (κ2) is 8.02. The first-order valence-electron chi connectivity index (χ1n) is 10.6. The van der Waals surface area contributed by atoms with Crippen molar-refractivity contribution in [1.82, 2.24) is 19.9 Å². The zero-order chi connectivity index (χ0) is 22.4. The number of nitrogens with zero attached hydrogens (tertiary/aromatic N) is 3. The molecule has 0 aliphatic carbocycles. The zero-order valence-corrected chi connectivity index (χ0v) is 18.5. The van der Waals surface area contributed by atoms with Crippen LogP contribution in [0.25, 0.3) is 22.3 Å². The van der Waals surface area contributed by atoms with E-state index < -0.39 is 5.82 Å². The van der Waals surface area contributed by atoms with Gasteiger partial charge in [-0.15, -0.1) is 0 Å². The van der Waals surface area contributed by atoms with Gasteiger partial charge in [0.15, 0.2) is 0 Å². The number of hydrogen-bond acceptors (Lipinski definition) is 3. The van der Waals surface area contributed by atoms with Crippen molar-refractivity contribution in [3.8, 4) is 11.3 Å². The van der Waals surface area contributed by atoms with E-state index >= 15 is 0 Å². The van der Waals surface area contributed by atoms with Gasteiger partial charge >= 0.3 is 0 Å². The molecule has 0 bridgehead atoms. The average molecular weight is 449 g/mol. The largest absolute Gasteiger partial charge is 0.340 e. The van der Waals surface area contributed by atoms with Crippen LogP contribution in [0.1, 0.15) is 41.1 Å². The van der Waals surface area contributed by atoms with E-state index in [4.69, 9.17) is 16.6 Å². The molecule has 2 atom stereocenters. The normalized spacial score (nSPS) is 18.4. The molecule has 0 unspecified atom stereocenters. The SMILES string of the molecule is Cc1cc2[nH]c([C@@H]3[C@@H](C)CCN3C(=O)c3cc(F)ccc3-c3ccccn3)nc2cc1Cl. The van der Waals surface area contributed by atoms with E-state index in [-0.39, 0.29) is 17.9 Å². The Morgan fingerprint density at radius 2 is 2.06 bits per heavy atom. The van der Waals surface area contributed by atoms with Gasteiger partial charge in [0.2, 0.25) is 0 Å². The number of halogens is 2. The molecule has 1 N–H and O–H groups in total. The summed E-state index contributed by atoms with van der Waals surface area (Å²) >= 11 is 6.28. The van der Waals surface area contributed by atoms with Gasteiger partial charge in [-0.25, -0.2) is 9.37 Å². The monoisotopic (exact) mass is 448 g/mol. The number of pyridine rings is 1. The molecular weight excluding hydrogens is 427 g/mol. The number of rotatable bonds is 3. The van der Waals surface area contributed by atoms with Crippen LogP contribution in [0.15, 0.2) is 54.7 Å². The van der Waals surface area contributed by atoms with Crippen LogP contribution in [0.5, 0.6) is 0 Å². The molecule has 1 aliphatic heterocycles. The molecule has 0 saturated carbocycles. The summed E-state index contributed by atoms with van der Waals surface area (Å²) in [5, 5.41) is 0.655. The molecule has 1 fully saturated rings. The number of likely N-dealkylation sites (tertiary alicyclic amines) is 1. The third kappa shape index (κ3) is 3.54. The fraction of sp³-hybridized carbons (Fsp3) is 0.240. The Morgan fingerprint density at radius 3 is 2.84 bits per heavy atom. The van der Waals surface area contributed by atoms with Crippen LogP contribution in [0, 0.1) is 18.7 Å². The highest BCUT2D eigenvalue weighted by molar-refractivity contribution is 6.32. The number of hydrogen-bond donors (Lipinski definition) is 1. The Balaban J connectivity index is 1.56. The van der Waals surface area contributed by atoms with Gasteiger partial charge in [-0.2, -0.15) is 0 Å². The number of aromatic nitrogens is 3. The van der Waals surface area contributed by atoms with Crippen LogP contribution >= 0.6 is 11.6 Å². The second-order valence-corrected chi connectivity index (χ2v) is 8.76. The molecule has 7 heteroatoms. The predicted molar refractivity (Wildman–Crippen MR) is 123 cm³/mol. The van der Waals surface area contributed by atoms with E-state index in [1.807, 2.05) is 37.3 Å². The maximum Gasteiger partial charge on any atom is 0.255 e. The number of amides is 1. The number of carbonyl (C=O) groups excluding carboxylic acids is 1. The molecule has 4 aromatic rings. The van der Waals surface area contributed by atoms with Crippen molar-refractivity contribution >= 4 is 28.5 Å². The number of aryl methyl sites for hydroxylation is 1. The summed E-state index contributed by atoms with van der Waals surface area (Å²) in [6, 6.07) is 13.3. The van der Waals surface area contributed by atoms with E-state index in [2.05, 4.69) is 16.9 Å². The van der Waals surface area contributed by atoms with Crippen molar-refractivity contribution < 1.29 is 9.18 Å². The molecule has 2 aromatic carbocycles. The Kier molecular flexibility index (Phi) is 5.18. The third-order valence-corrected chi connectivity index (χ3v) is 6.58. The van der Waals surface area contributed by atoms with Crippen molar-refractivity contribution in [2.45, 2.75) is 26.3 Å². The third-order valence-electron chi connectivity index (χ3n) is 6.17. The summed E-state index contributed by atoms with van der Waals surface area (Å²) in [5.41, 5.74) is 4.16. The van der Waals surface area contributed by atoms with E-state index in [9.17, 15) is 9.18 Å². The lowest BCUT2D eigenvalue weighted by atomic mass is 10.00. The van der Waals surface area contributed by atoms with Gasteiger partial charge in [0.05, 0.1) is 28.3 Å². The maximum absolute atomic E-state index is 14.2. The Hall–Kier alpha value is -3.25. The molecule has 0 spiro atoms. The number of H-pyrrole nitrogens is 1. The summed E-state index contributed by atoms with van der Waals surface area (Å²) in [6.07, 6.45) is 2.50. The summed E-state index contributed by atoms with van der Waals surface area (Å²) in [5.74, 6) is 0.235. The minimum Gasteiger partial charge on any atom is -0.340 e. The summed E-state index contributed by atoms with van der Waals surface area (Å²) in [7, 11) is 0. The number of benzene rings is 2. The topological polar surface area (TPSA) is 61.9 Å². The smallest absolute Gasteiger partial charge is 0.255 e. The van der Waals surface area contributed by atoms with Crippen LogP contribution in [-0.2, 0) is 0 Å². The lowest BCUT2D eigenvalue weighted by Gasteiger charge is -2.26.